The van der Waals surface area contributed by atoms with Gasteiger partial charge in [-0.05, 0) is 111 Å². The van der Waals surface area contributed by atoms with E-state index in [0.29, 0.717) is 35.5 Å². The average Bonchev–Trinajstić information content (AvgIpc) is 3.18. The second-order valence-electron chi connectivity index (χ2n) is 15.1. The molecule has 14 atom stereocenters. The summed E-state index contributed by atoms with van der Waals surface area (Å²) in [5.41, 5.74) is 3.14. The Kier molecular flexibility index (Phi) is 8.74. The van der Waals surface area contributed by atoms with E-state index in [-0.39, 0.29) is 23.0 Å². The second kappa shape index (κ2) is 11.4. The monoisotopic (exact) mass is 560 g/mol. The lowest BCUT2D eigenvalue weighted by atomic mass is 9.47. The van der Waals surface area contributed by atoms with Gasteiger partial charge in [0.2, 0.25) is 0 Å². The molecule has 0 radical (unpaired) electrons. The summed E-state index contributed by atoms with van der Waals surface area (Å²) in [6, 6.07) is 0. The third kappa shape index (κ3) is 5.17. The quantitative estimate of drug-likeness (QED) is 0.312. The number of rotatable bonds is 7. The highest BCUT2D eigenvalue weighted by Gasteiger charge is 2.61. The molecule has 6 heteroatoms. The van der Waals surface area contributed by atoms with Crippen LogP contribution < -0.4 is 0 Å². The normalized spacial score (nSPS) is 49.6. The van der Waals surface area contributed by atoms with Crippen LogP contribution in [-0.2, 0) is 9.47 Å². The standard InChI is InChI=1S/C34H56O6/c1-18(2)19(3)8-9-20(4)28-27(35)17-26-24-11-10-22-16-23(40-32-31(38)30(37)29(36)21(5)39-32)12-14-33(22,6)25(24)13-15-34(26,28)7/h10,18,20-21,23-32,35-38H,3,8-9,11-17H2,1-2,4-7H3/t20-,21+,23+,24?,25?,26?,27+,28+,29-,30-,31+,32+,33+,34+/m1/s1. The van der Waals surface area contributed by atoms with E-state index in [9.17, 15) is 20.4 Å². The van der Waals surface area contributed by atoms with Crippen molar-refractivity contribution >= 4 is 0 Å². The predicted octanol–water partition coefficient (Wildman–Crippen LogP) is 5.38. The van der Waals surface area contributed by atoms with Crippen LogP contribution in [0.25, 0.3) is 0 Å². The Morgan fingerprint density at radius 2 is 1.77 bits per heavy atom. The number of allylic oxidation sites excluding steroid dienone is 2. The third-order valence-corrected chi connectivity index (χ3v) is 12.7. The van der Waals surface area contributed by atoms with E-state index in [1.54, 1.807) is 6.92 Å². The van der Waals surface area contributed by atoms with Crippen molar-refractivity contribution in [2.75, 3.05) is 0 Å². The minimum Gasteiger partial charge on any atom is -0.393 e. The smallest absolute Gasteiger partial charge is 0.186 e. The number of ether oxygens (including phenoxy) is 2. The molecule has 0 aromatic heterocycles. The molecule has 0 amide bonds. The molecule has 4 N–H and O–H groups in total. The zero-order chi connectivity index (χ0) is 29.1. The van der Waals surface area contributed by atoms with Crippen molar-refractivity contribution in [2.24, 2.45) is 46.3 Å². The fourth-order valence-corrected chi connectivity index (χ4v) is 10.0. The maximum absolute atomic E-state index is 11.5. The fraction of sp³-hybridized carbons (Fsp3) is 0.882. The Hall–Kier alpha value is -0.760. The Morgan fingerprint density at radius 3 is 2.48 bits per heavy atom. The Labute approximate surface area is 242 Å². The van der Waals surface area contributed by atoms with Gasteiger partial charge in [-0.2, -0.15) is 0 Å². The number of hydrogen-bond acceptors (Lipinski definition) is 6. The van der Waals surface area contributed by atoms with Crippen LogP contribution >= 0.6 is 0 Å². The maximum atomic E-state index is 11.5. The molecule has 4 aliphatic carbocycles. The average molecular weight is 561 g/mol. The molecule has 1 aliphatic heterocycles. The summed E-state index contributed by atoms with van der Waals surface area (Å²) in [7, 11) is 0. The minimum absolute atomic E-state index is 0.0712. The van der Waals surface area contributed by atoms with Crippen molar-refractivity contribution in [3.63, 3.8) is 0 Å². The van der Waals surface area contributed by atoms with E-state index in [1.165, 1.54) is 24.0 Å². The number of aliphatic hydroxyl groups is 4. The maximum Gasteiger partial charge on any atom is 0.186 e. The molecule has 1 heterocycles. The fourth-order valence-electron chi connectivity index (χ4n) is 10.0. The summed E-state index contributed by atoms with van der Waals surface area (Å²) in [5, 5.41) is 42.2. The van der Waals surface area contributed by atoms with Crippen molar-refractivity contribution in [1.82, 2.24) is 0 Å². The van der Waals surface area contributed by atoms with Gasteiger partial charge >= 0.3 is 0 Å². The zero-order valence-corrected chi connectivity index (χ0v) is 25.8. The molecule has 5 aliphatic rings. The Morgan fingerprint density at radius 1 is 1.05 bits per heavy atom. The van der Waals surface area contributed by atoms with E-state index in [0.717, 1.165) is 44.9 Å². The molecule has 3 unspecified atom stereocenters. The van der Waals surface area contributed by atoms with E-state index >= 15 is 0 Å². The summed E-state index contributed by atoms with van der Waals surface area (Å²) in [4.78, 5) is 0. The summed E-state index contributed by atoms with van der Waals surface area (Å²) >= 11 is 0. The van der Waals surface area contributed by atoms with Crippen LogP contribution in [0.5, 0.6) is 0 Å². The summed E-state index contributed by atoms with van der Waals surface area (Å²) in [6.45, 7) is 17.8. The van der Waals surface area contributed by atoms with E-state index in [1.807, 2.05) is 0 Å². The molecule has 228 valence electrons. The summed E-state index contributed by atoms with van der Waals surface area (Å²) in [6.07, 6.45) is 6.40. The van der Waals surface area contributed by atoms with Gasteiger partial charge in [0.15, 0.2) is 6.29 Å². The molecule has 5 rings (SSSR count). The second-order valence-corrected chi connectivity index (χ2v) is 15.1. The van der Waals surface area contributed by atoms with Crippen LogP contribution in [0.1, 0.15) is 99.3 Å². The lowest BCUT2D eigenvalue weighted by molar-refractivity contribution is -0.305. The first-order valence-electron chi connectivity index (χ1n) is 16.2. The Balaban J connectivity index is 1.27. The van der Waals surface area contributed by atoms with Gasteiger partial charge in [-0.3, -0.25) is 0 Å². The van der Waals surface area contributed by atoms with Crippen molar-refractivity contribution in [2.45, 2.75) is 142 Å². The van der Waals surface area contributed by atoms with E-state index < -0.39 is 30.7 Å². The molecule has 4 fully saturated rings. The van der Waals surface area contributed by atoms with Crippen LogP contribution in [0, 0.1) is 46.3 Å². The van der Waals surface area contributed by atoms with E-state index in [4.69, 9.17) is 9.47 Å². The molecule has 0 spiro atoms. The number of aliphatic hydroxyl groups excluding tert-OH is 4. The lowest BCUT2D eigenvalue weighted by Gasteiger charge is -2.58. The first-order valence-corrected chi connectivity index (χ1v) is 16.2. The van der Waals surface area contributed by atoms with Crippen molar-refractivity contribution in [3.05, 3.63) is 23.8 Å². The highest BCUT2D eigenvalue weighted by atomic mass is 16.7. The van der Waals surface area contributed by atoms with Gasteiger partial charge in [-0.1, -0.05) is 58.4 Å². The molecule has 0 aromatic carbocycles. The molecule has 0 aromatic rings. The molecular formula is C34H56O6. The first kappa shape index (κ1) is 30.7. The predicted molar refractivity (Wildman–Crippen MR) is 156 cm³/mol. The van der Waals surface area contributed by atoms with Gasteiger partial charge in [0, 0.05) is 0 Å². The Bertz CT molecular complexity index is 962. The largest absolute Gasteiger partial charge is 0.393 e. The first-order chi connectivity index (χ1) is 18.8. The molecule has 3 saturated carbocycles. The summed E-state index contributed by atoms with van der Waals surface area (Å²) < 4.78 is 12.0. The molecule has 6 nitrogen and oxygen atoms in total. The van der Waals surface area contributed by atoms with Crippen LogP contribution in [0.3, 0.4) is 0 Å². The topological polar surface area (TPSA) is 99.4 Å². The van der Waals surface area contributed by atoms with Crippen LogP contribution in [0.15, 0.2) is 23.8 Å². The highest BCUT2D eigenvalue weighted by molar-refractivity contribution is 5.26. The van der Waals surface area contributed by atoms with Crippen LogP contribution in [0.2, 0.25) is 0 Å². The third-order valence-electron chi connectivity index (χ3n) is 12.7. The van der Waals surface area contributed by atoms with Gasteiger partial charge in [0.05, 0.1) is 18.3 Å². The van der Waals surface area contributed by atoms with Gasteiger partial charge < -0.3 is 29.9 Å². The van der Waals surface area contributed by atoms with Crippen molar-refractivity contribution < 1.29 is 29.9 Å². The number of fused-ring (bicyclic) bond motifs is 5. The zero-order valence-electron chi connectivity index (χ0n) is 25.8. The van der Waals surface area contributed by atoms with Gasteiger partial charge in [-0.25, -0.2) is 0 Å². The van der Waals surface area contributed by atoms with Gasteiger partial charge in [0.1, 0.15) is 18.3 Å². The lowest BCUT2D eigenvalue weighted by Crippen LogP contribution is -2.58. The van der Waals surface area contributed by atoms with Crippen molar-refractivity contribution in [1.29, 1.82) is 0 Å². The van der Waals surface area contributed by atoms with Crippen LogP contribution in [0.4, 0.5) is 0 Å². The highest BCUT2D eigenvalue weighted by Crippen LogP contribution is 2.67. The molecular weight excluding hydrogens is 504 g/mol. The summed E-state index contributed by atoms with van der Waals surface area (Å²) in [5.74, 6) is 3.18. The molecule has 0 bridgehead atoms. The minimum atomic E-state index is -1.27. The van der Waals surface area contributed by atoms with Crippen molar-refractivity contribution in [3.8, 4) is 0 Å². The van der Waals surface area contributed by atoms with Crippen LogP contribution in [-0.4, -0.2) is 63.3 Å². The molecule has 40 heavy (non-hydrogen) atoms. The number of hydrogen-bond donors (Lipinski definition) is 4. The van der Waals surface area contributed by atoms with Gasteiger partial charge in [-0.15, -0.1) is 0 Å². The van der Waals surface area contributed by atoms with Gasteiger partial charge in [0.25, 0.3) is 0 Å². The SMILES string of the molecule is C=C(CC[C@@H](C)[C@H]1[C@@H](O)CC2C3CC=C4C[C@@H](O[C@@H]5O[C@@H](C)[C@@H](O)[C@@H](O)[C@@H]5O)CC[C@]4(C)C3CC[C@@]21C)C(C)C. The van der Waals surface area contributed by atoms with E-state index in [2.05, 4.69) is 47.3 Å². The molecule has 1 saturated heterocycles.